The van der Waals surface area contributed by atoms with Crippen LogP contribution in [0.2, 0.25) is 0 Å². The molecule has 2 aromatic rings. The predicted molar refractivity (Wildman–Crippen MR) is 111 cm³/mol. The van der Waals surface area contributed by atoms with Crippen molar-refractivity contribution in [1.82, 2.24) is 18.8 Å². The molecular formula is C19H26N4O4S2. The monoisotopic (exact) mass is 438 g/mol. The fraction of sp³-hybridized carbons (Fsp3) is 0.579. The SMILES string of the molecule is Cc1nc(-c2cc(S(=O)(=O)N3CCOCC3)cn2C)sc1C(=O)N1CCCCC1. The van der Waals surface area contributed by atoms with Crippen molar-refractivity contribution in [2.75, 3.05) is 39.4 Å². The van der Waals surface area contributed by atoms with Gasteiger partial charge in [-0.25, -0.2) is 13.4 Å². The Bertz CT molecular complexity index is 1000. The van der Waals surface area contributed by atoms with Crippen LogP contribution in [0.5, 0.6) is 0 Å². The second-order valence-corrected chi connectivity index (χ2v) is 10.4. The molecular weight excluding hydrogens is 412 g/mol. The van der Waals surface area contributed by atoms with Gasteiger partial charge in [-0.2, -0.15) is 4.31 Å². The van der Waals surface area contributed by atoms with E-state index in [1.165, 1.54) is 22.1 Å². The third kappa shape index (κ3) is 3.98. The van der Waals surface area contributed by atoms with Crippen molar-refractivity contribution < 1.29 is 17.9 Å². The van der Waals surface area contributed by atoms with Gasteiger partial charge in [0.25, 0.3) is 5.91 Å². The Morgan fingerprint density at radius 2 is 1.83 bits per heavy atom. The van der Waals surface area contributed by atoms with E-state index >= 15 is 0 Å². The maximum Gasteiger partial charge on any atom is 0.265 e. The number of aromatic nitrogens is 2. The molecule has 0 radical (unpaired) electrons. The largest absolute Gasteiger partial charge is 0.379 e. The minimum absolute atomic E-state index is 0.0290. The quantitative estimate of drug-likeness (QED) is 0.730. The smallest absolute Gasteiger partial charge is 0.265 e. The molecule has 4 heterocycles. The molecule has 4 rings (SSSR count). The number of nitrogens with zero attached hydrogens (tertiary/aromatic N) is 4. The van der Waals surface area contributed by atoms with Gasteiger partial charge in [0.1, 0.15) is 14.8 Å². The molecule has 0 spiro atoms. The second kappa shape index (κ2) is 8.17. The summed E-state index contributed by atoms with van der Waals surface area (Å²) in [7, 11) is -1.77. The number of ether oxygens (including phenoxy) is 1. The highest BCUT2D eigenvalue weighted by molar-refractivity contribution is 7.89. The molecule has 0 N–H and O–H groups in total. The molecule has 2 aliphatic heterocycles. The summed E-state index contributed by atoms with van der Waals surface area (Å²) in [6, 6.07) is 1.65. The average molecular weight is 439 g/mol. The van der Waals surface area contributed by atoms with Gasteiger partial charge in [-0.15, -0.1) is 11.3 Å². The summed E-state index contributed by atoms with van der Waals surface area (Å²) in [5, 5.41) is 0.661. The number of hydrogen-bond acceptors (Lipinski definition) is 6. The van der Waals surface area contributed by atoms with Crippen molar-refractivity contribution in [3.8, 4) is 10.7 Å². The second-order valence-electron chi connectivity index (χ2n) is 7.47. The van der Waals surface area contributed by atoms with Crippen LogP contribution >= 0.6 is 11.3 Å². The zero-order valence-electron chi connectivity index (χ0n) is 16.8. The van der Waals surface area contributed by atoms with Gasteiger partial charge in [-0.05, 0) is 32.3 Å². The van der Waals surface area contributed by atoms with Gasteiger partial charge in [-0.3, -0.25) is 4.79 Å². The van der Waals surface area contributed by atoms with E-state index in [4.69, 9.17) is 4.74 Å². The van der Waals surface area contributed by atoms with Crippen molar-refractivity contribution in [2.24, 2.45) is 7.05 Å². The van der Waals surface area contributed by atoms with Crippen LogP contribution < -0.4 is 0 Å². The van der Waals surface area contributed by atoms with E-state index in [2.05, 4.69) is 4.98 Å². The molecule has 0 saturated carbocycles. The van der Waals surface area contributed by atoms with Crippen LogP contribution in [0.4, 0.5) is 0 Å². The van der Waals surface area contributed by atoms with Crippen LogP contribution in [0.15, 0.2) is 17.2 Å². The molecule has 0 aliphatic carbocycles. The summed E-state index contributed by atoms with van der Waals surface area (Å²) in [5.74, 6) is 0.0290. The van der Waals surface area contributed by atoms with Crippen LogP contribution in [-0.2, 0) is 21.8 Å². The zero-order chi connectivity index (χ0) is 20.6. The Labute approximate surface area is 175 Å². The van der Waals surface area contributed by atoms with E-state index in [-0.39, 0.29) is 10.8 Å². The van der Waals surface area contributed by atoms with Gasteiger partial charge in [0.05, 0.1) is 24.6 Å². The van der Waals surface area contributed by atoms with Crippen LogP contribution in [0.1, 0.15) is 34.6 Å². The fourth-order valence-electron chi connectivity index (χ4n) is 3.77. The predicted octanol–water partition coefficient (Wildman–Crippen LogP) is 2.10. The number of piperidine rings is 1. The Kier molecular flexibility index (Phi) is 5.78. The molecule has 0 aromatic carbocycles. The number of amides is 1. The number of carbonyl (C=O) groups is 1. The number of thiazole rings is 1. The third-order valence-corrected chi connectivity index (χ3v) is 8.47. The summed E-state index contributed by atoms with van der Waals surface area (Å²) in [6.45, 7) is 4.95. The Morgan fingerprint density at radius 1 is 1.14 bits per heavy atom. The standard InChI is InChI=1S/C19H26N4O4S2/c1-14-17(19(24)22-6-4-3-5-7-22)28-18(20-14)16-12-15(13-21(16)2)29(25,26)23-8-10-27-11-9-23/h12-13H,3-11H2,1-2H3. The average Bonchev–Trinajstić information content (AvgIpc) is 3.31. The molecule has 158 valence electrons. The topological polar surface area (TPSA) is 84.7 Å². The van der Waals surface area contributed by atoms with Gasteiger partial charge in [0, 0.05) is 39.4 Å². The minimum Gasteiger partial charge on any atom is -0.379 e. The molecule has 0 bridgehead atoms. The van der Waals surface area contributed by atoms with Crippen LogP contribution in [-0.4, -0.2) is 72.5 Å². The minimum atomic E-state index is -3.57. The van der Waals surface area contributed by atoms with Crippen molar-refractivity contribution in [1.29, 1.82) is 0 Å². The van der Waals surface area contributed by atoms with Gasteiger partial charge < -0.3 is 14.2 Å². The Hall–Kier alpha value is -1.75. The van der Waals surface area contributed by atoms with E-state index in [0.717, 1.165) is 25.9 Å². The highest BCUT2D eigenvalue weighted by atomic mass is 32.2. The molecule has 1 amide bonds. The molecule has 0 unspecified atom stereocenters. The molecule has 29 heavy (non-hydrogen) atoms. The summed E-state index contributed by atoms with van der Waals surface area (Å²) < 4.78 is 34.4. The Balaban J connectivity index is 1.62. The van der Waals surface area contributed by atoms with Crippen LogP contribution in [0.25, 0.3) is 10.7 Å². The van der Waals surface area contributed by atoms with E-state index in [9.17, 15) is 13.2 Å². The van der Waals surface area contributed by atoms with Gasteiger partial charge in [0.2, 0.25) is 10.0 Å². The normalized spacial score (nSPS) is 18.9. The summed E-state index contributed by atoms with van der Waals surface area (Å²) in [4.78, 5) is 20.3. The number of morpholine rings is 1. The van der Waals surface area contributed by atoms with Gasteiger partial charge >= 0.3 is 0 Å². The van der Waals surface area contributed by atoms with Gasteiger partial charge in [0.15, 0.2) is 0 Å². The zero-order valence-corrected chi connectivity index (χ0v) is 18.4. The van der Waals surface area contributed by atoms with Crippen molar-refractivity contribution in [3.63, 3.8) is 0 Å². The molecule has 2 saturated heterocycles. The lowest BCUT2D eigenvalue weighted by atomic mass is 10.1. The lowest BCUT2D eigenvalue weighted by Gasteiger charge is -2.26. The number of aryl methyl sites for hydroxylation is 2. The van der Waals surface area contributed by atoms with Crippen LogP contribution in [0.3, 0.4) is 0 Å². The molecule has 10 heteroatoms. The van der Waals surface area contributed by atoms with Crippen LogP contribution in [0, 0.1) is 6.92 Å². The number of carbonyl (C=O) groups excluding carboxylic acids is 1. The molecule has 2 fully saturated rings. The highest BCUT2D eigenvalue weighted by Crippen LogP contribution is 2.32. The van der Waals surface area contributed by atoms with E-state index in [1.54, 1.807) is 23.9 Å². The number of sulfonamides is 1. The van der Waals surface area contributed by atoms with E-state index in [0.29, 0.717) is 47.6 Å². The number of rotatable bonds is 4. The third-order valence-electron chi connectivity index (χ3n) is 5.44. The molecule has 8 nitrogen and oxygen atoms in total. The van der Waals surface area contributed by atoms with E-state index < -0.39 is 10.0 Å². The maximum absolute atomic E-state index is 13.0. The number of hydrogen-bond donors (Lipinski definition) is 0. The Morgan fingerprint density at radius 3 is 2.52 bits per heavy atom. The first-order valence-corrected chi connectivity index (χ1v) is 12.1. The maximum atomic E-state index is 13.0. The first-order chi connectivity index (χ1) is 13.9. The number of likely N-dealkylation sites (tertiary alicyclic amines) is 1. The summed E-state index contributed by atoms with van der Waals surface area (Å²) in [5.41, 5.74) is 1.39. The lowest BCUT2D eigenvalue weighted by Crippen LogP contribution is -2.40. The highest BCUT2D eigenvalue weighted by Gasteiger charge is 2.29. The van der Waals surface area contributed by atoms with Crippen molar-refractivity contribution in [2.45, 2.75) is 31.1 Å². The summed E-state index contributed by atoms with van der Waals surface area (Å²) in [6.07, 6.45) is 4.86. The fourth-order valence-corrected chi connectivity index (χ4v) is 6.34. The van der Waals surface area contributed by atoms with Gasteiger partial charge in [-0.1, -0.05) is 0 Å². The van der Waals surface area contributed by atoms with Crippen molar-refractivity contribution in [3.05, 3.63) is 22.8 Å². The van der Waals surface area contributed by atoms with Crippen molar-refractivity contribution >= 4 is 27.3 Å². The lowest BCUT2D eigenvalue weighted by molar-refractivity contribution is 0.0728. The molecule has 2 aliphatic rings. The summed E-state index contributed by atoms with van der Waals surface area (Å²) >= 11 is 1.34. The molecule has 2 aromatic heterocycles. The first kappa shape index (κ1) is 20.5. The molecule has 0 atom stereocenters. The van der Waals surface area contributed by atoms with E-state index in [1.807, 2.05) is 11.8 Å². The first-order valence-electron chi connectivity index (χ1n) is 9.89.